The number of azo groups is 1. The molecule has 0 aliphatic heterocycles. The molecule has 8 heteroatoms. The van der Waals surface area contributed by atoms with Crippen molar-refractivity contribution in [2.75, 3.05) is 0 Å². The predicted molar refractivity (Wildman–Crippen MR) is 85.3 cm³/mol. The van der Waals surface area contributed by atoms with Gasteiger partial charge in [0.1, 0.15) is 5.65 Å². The average molecular weight is 353 g/mol. The third kappa shape index (κ3) is 3.12. The molecule has 0 atom stereocenters. The Balaban J connectivity index is 2.08. The number of aromatic nitrogens is 2. The quantitative estimate of drug-likeness (QED) is 0.518. The van der Waals surface area contributed by atoms with Crippen LogP contribution in [-0.2, 0) is 6.18 Å². The standard InChI is InChI=1S/C16H12ClF3N4/c1-9-5-6-24-14(7-9)21-10(2)15(24)23-22-13-4-3-11(17)8-12(13)16(18,19)20/h3-8H,1-2H3. The van der Waals surface area contributed by atoms with Gasteiger partial charge in [-0.3, -0.25) is 4.40 Å². The number of halogens is 4. The first-order valence-electron chi connectivity index (χ1n) is 6.99. The van der Waals surface area contributed by atoms with E-state index in [1.165, 1.54) is 12.1 Å². The minimum absolute atomic E-state index is 0.0114. The molecule has 4 nitrogen and oxygen atoms in total. The van der Waals surface area contributed by atoms with Crippen molar-refractivity contribution in [2.45, 2.75) is 20.0 Å². The molecule has 0 bridgehead atoms. The van der Waals surface area contributed by atoms with Gasteiger partial charge in [-0.2, -0.15) is 13.2 Å². The lowest BCUT2D eigenvalue weighted by Crippen LogP contribution is -2.04. The molecular weight excluding hydrogens is 341 g/mol. The van der Waals surface area contributed by atoms with Crippen molar-refractivity contribution in [1.82, 2.24) is 9.38 Å². The number of pyridine rings is 1. The molecule has 124 valence electrons. The minimum Gasteiger partial charge on any atom is -0.283 e. The van der Waals surface area contributed by atoms with Crippen LogP contribution in [0.4, 0.5) is 24.7 Å². The van der Waals surface area contributed by atoms with Gasteiger partial charge in [-0.05, 0) is 49.7 Å². The molecule has 0 fully saturated rings. The third-order valence-electron chi connectivity index (χ3n) is 3.44. The van der Waals surface area contributed by atoms with Crippen molar-refractivity contribution in [3.05, 3.63) is 58.4 Å². The minimum atomic E-state index is -4.56. The zero-order valence-corrected chi connectivity index (χ0v) is 13.5. The molecule has 3 rings (SSSR count). The number of nitrogens with zero attached hydrogens (tertiary/aromatic N) is 4. The van der Waals surface area contributed by atoms with Crippen LogP contribution in [0, 0.1) is 13.8 Å². The van der Waals surface area contributed by atoms with E-state index in [9.17, 15) is 13.2 Å². The van der Waals surface area contributed by atoms with Gasteiger partial charge < -0.3 is 0 Å². The van der Waals surface area contributed by atoms with Gasteiger partial charge >= 0.3 is 6.18 Å². The number of benzene rings is 1. The second-order valence-electron chi connectivity index (χ2n) is 5.31. The average Bonchev–Trinajstić information content (AvgIpc) is 2.79. The van der Waals surface area contributed by atoms with Gasteiger partial charge in [-0.25, -0.2) is 4.98 Å². The summed E-state index contributed by atoms with van der Waals surface area (Å²) in [4.78, 5) is 4.34. The first kappa shape index (κ1) is 16.4. The van der Waals surface area contributed by atoms with Crippen LogP contribution in [0.3, 0.4) is 0 Å². The van der Waals surface area contributed by atoms with Crippen molar-refractivity contribution >= 4 is 28.8 Å². The van der Waals surface area contributed by atoms with Crippen LogP contribution in [0.2, 0.25) is 5.02 Å². The monoisotopic (exact) mass is 352 g/mol. The van der Waals surface area contributed by atoms with Crippen molar-refractivity contribution in [3.63, 3.8) is 0 Å². The highest BCUT2D eigenvalue weighted by molar-refractivity contribution is 6.30. The van der Waals surface area contributed by atoms with Crippen LogP contribution < -0.4 is 0 Å². The van der Waals surface area contributed by atoms with Crippen molar-refractivity contribution in [1.29, 1.82) is 0 Å². The molecular formula is C16H12ClF3N4. The number of hydrogen-bond acceptors (Lipinski definition) is 3. The fraction of sp³-hybridized carbons (Fsp3) is 0.188. The van der Waals surface area contributed by atoms with E-state index in [1.807, 2.05) is 19.1 Å². The maximum absolute atomic E-state index is 13.1. The van der Waals surface area contributed by atoms with Crippen LogP contribution in [-0.4, -0.2) is 9.38 Å². The third-order valence-corrected chi connectivity index (χ3v) is 3.68. The maximum Gasteiger partial charge on any atom is 0.418 e. The number of alkyl halides is 3. The lowest BCUT2D eigenvalue weighted by atomic mass is 10.2. The van der Waals surface area contributed by atoms with Gasteiger partial charge in [-0.15, -0.1) is 10.2 Å². The summed E-state index contributed by atoms with van der Waals surface area (Å²) in [5.41, 5.74) is 1.03. The van der Waals surface area contributed by atoms with Crippen molar-refractivity contribution in [3.8, 4) is 0 Å². The lowest BCUT2D eigenvalue weighted by Gasteiger charge is -2.09. The Hall–Kier alpha value is -2.41. The van der Waals surface area contributed by atoms with E-state index in [1.54, 1.807) is 17.5 Å². The van der Waals surface area contributed by atoms with Crippen LogP contribution in [0.1, 0.15) is 16.8 Å². The van der Waals surface area contributed by atoms with E-state index < -0.39 is 11.7 Å². The first-order chi connectivity index (χ1) is 11.3. The largest absolute Gasteiger partial charge is 0.418 e. The molecule has 0 spiro atoms. The summed E-state index contributed by atoms with van der Waals surface area (Å²) in [6.07, 6.45) is -2.81. The Morgan fingerprint density at radius 3 is 2.54 bits per heavy atom. The first-order valence-corrected chi connectivity index (χ1v) is 7.37. The normalized spacial score (nSPS) is 12.4. The number of imidazole rings is 1. The fourth-order valence-electron chi connectivity index (χ4n) is 2.30. The Labute approximate surface area is 140 Å². The number of rotatable bonds is 2. The van der Waals surface area contributed by atoms with Crippen LogP contribution in [0.5, 0.6) is 0 Å². The number of fused-ring (bicyclic) bond motifs is 1. The highest BCUT2D eigenvalue weighted by Crippen LogP contribution is 2.38. The molecule has 0 saturated heterocycles. The second-order valence-corrected chi connectivity index (χ2v) is 5.75. The van der Waals surface area contributed by atoms with Gasteiger partial charge in [0.25, 0.3) is 0 Å². The van der Waals surface area contributed by atoms with E-state index in [4.69, 9.17) is 11.6 Å². The molecule has 0 aliphatic carbocycles. The Morgan fingerprint density at radius 1 is 1.08 bits per heavy atom. The summed E-state index contributed by atoms with van der Waals surface area (Å²) in [7, 11) is 0. The predicted octanol–water partition coefficient (Wildman–Crippen LogP) is 6.04. The van der Waals surface area contributed by atoms with Gasteiger partial charge in [-0.1, -0.05) is 11.6 Å². The van der Waals surface area contributed by atoms with Gasteiger partial charge in [0.2, 0.25) is 0 Å². The highest BCUT2D eigenvalue weighted by Gasteiger charge is 2.34. The molecule has 0 radical (unpaired) electrons. The van der Waals surface area contributed by atoms with Gasteiger partial charge in [0, 0.05) is 11.2 Å². The Kier molecular flexibility index (Phi) is 4.04. The number of hydrogen-bond donors (Lipinski definition) is 0. The Morgan fingerprint density at radius 2 is 1.83 bits per heavy atom. The van der Waals surface area contributed by atoms with E-state index >= 15 is 0 Å². The molecule has 2 heterocycles. The molecule has 0 amide bonds. The summed E-state index contributed by atoms with van der Waals surface area (Å²) in [5, 5.41) is 7.74. The summed E-state index contributed by atoms with van der Waals surface area (Å²) < 4.78 is 41.0. The van der Waals surface area contributed by atoms with Crippen molar-refractivity contribution < 1.29 is 13.2 Å². The van der Waals surface area contributed by atoms with E-state index in [2.05, 4.69) is 15.2 Å². The summed E-state index contributed by atoms with van der Waals surface area (Å²) in [5.74, 6) is 0.382. The van der Waals surface area contributed by atoms with Crippen LogP contribution >= 0.6 is 11.6 Å². The van der Waals surface area contributed by atoms with E-state index in [0.29, 0.717) is 17.2 Å². The SMILES string of the molecule is Cc1ccn2c(N=Nc3ccc(Cl)cc3C(F)(F)F)c(C)nc2c1. The molecule has 0 N–H and O–H groups in total. The molecule has 3 aromatic rings. The molecule has 0 saturated carbocycles. The smallest absolute Gasteiger partial charge is 0.283 e. The molecule has 24 heavy (non-hydrogen) atoms. The van der Waals surface area contributed by atoms with Crippen LogP contribution in [0.25, 0.3) is 5.65 Å². The topological polar surface area (TPSA) is 42.0 Å². The Bertz CT molecular complexity index is 944. The second kappa shape index (κ2) is 5.90. The van der Waals surface area contributed by atoms with E-state index in [0.717, 1.165) is 11.6 Å². The fourth-order valence-corrected chi connectivity index (χ4v) is 2.47. The molecule has 0 aliphatic rings. The van der Waals surface area contributed by atoms with Crippen LogP contribution in [0.15, 0.2) is 46.8 Å². The van der Waals surface area contributed by atoms with E-state index in [-0.39, 0.29) is 10.7 Å². The molecule has 2 aromatic heterocycles. The molecule has 0 unspecified atom stereocenters. The summed E-state index contributed by atoms with van der Waals surface area (Å²) in [6, 6.07) is 7.08. The molecule has 1 aromatic carbocycles. The number of aryl methyl sites for hydroxylation is 2. The lowest BCUT2D eigenvalue weighted by molar-refractivity contribution is -0.137. The zero-order valence-electron chi connectivity index (χ0n) is 12.8. The zero-order chi connectivity index (χ0) is 17.5. The summed E-state index contributed by atoms with van der Waals surface area (Å²) in [6.45, 7) is 3.65. The highest BCUT2D eigenvalue weighted by atomic mass is 35.5. The van der Waals surface area contributed by atoms with Gasteiger partial charge in [0.05, 0.1) is 16.9 Å². The summed E-state index contributed by atoms with van der Waals surface area (Å²) >= 11 is 5.65. The van der Waals surface area contributed by atoms with Gasteiger partial charge in [0.15, 0.2) is 5.82 Å². The van der Waals surface area contributed by atoms with Crippen molar-refractivity contribution in [2.24, 2.45) is 10.2 Å². The maximum atomic E-state index is 13.1.